The Bertz CT molecular complexity index is 361. The van der Waals surface area contributed by atoms with Crippen molar-refractivity contribution in [3.8, 4) is 0 Å². The molecular formula is C15H26N2O2. The van der Waals surface area contributed by atoms with E-state index in [1.54, 1.807) is 0 Å². The highest BCUT2D eigenvalue weighted by molar-refractivity contribution is 5.97. The molecule has 108 valence electrons. The molecule has 2 aliphatic rings. The van der Waals surface area contributed by atoms with Gasteiger partial charge in [-0.3, -0.25) is 9.59 Å². The van der Waals surface area contributed by atoms with E-state index in [1.165, 1.54) is 19.3 Å². The average molecular weight is 266 g/mol. The summed E-state index contributed by atoms with van der Waals surface area (Å²) in [4.78, 5) is 26.3. The molecule has 0 spiro atoms. The number of hydrogen-bond acceptors (Lipinski definition) is 2. The number of hydrogen-bond donors (Lipinski definition) is 1. The molecule has 0 aromatic carbocycles. The van der Waals surface area contributed by atoms with Crippen LogP contribution in [0.3, 0.4) is 0 Å². The van der Waals surface area contributed by atoms with Gasteiger partial charge in [0.1, 0.15) is 5.54 Å². The van der Waals surface area contributed by atoms with E-state index in [0.717, 1.165) is 18.8 Å². The predicted molar refractivity (Wildman–Crippen MR) is 74.6 cm³/mol. The molecule has 0 aromatic heterocycles. The van der Waals surface area contributed by atoms with E-state index in [2.05, 4.69) is 12.2 Å². The minimum Gasteiger partial charge on any atom is -0.340 e. The highest BCUT2D eigenvalue weighted by Gasteiger charge is 2.44. The zero-order chi connectivity index (χ0) is 14.0. The third kappa shape index (κ3) is 2.77. The molecule has 2 amide bonds. The van der Waals surface area contributed by atoms with Gasteiger partial charge >= 0.3 is 0 Å². The van der Waals surface area contributed by atoms with Crippen molar-refractivity contribution >= 4 is 11.8 Å². The molecule has 2 rings (SSSR count). The van der Waals surface area contributed by atoms with Crippen LogP contribution in [0.25, 0.3) is 0 Å². The molecule has 1 saturated carbocycles. The Kier molecular flexibility index (Phi) is 4.16. The molecule has 4 heteroatoms. The quantitative estimate of drug-likeness (QED) is 0.850. The van der Waals surface area contributed by atoms with Crippen molar-refractivity contribution < 1.29 is 9.59 Å². The Morgan fingerprint density at radius 2 is 1.84 bits per heavy atom. The second kappa shape index (κ2) is 5.51. The van der Waals surface area contributed by atoms with Crippen molar-refractivity contribution in [2.75, 3.05) is 6.54 Å². The Morgan fingerprint density at radius 1 is 1.21 bits per heavy atom. The molecule has 0 bridgehead atoms. The van der Waals surface area contributed by atoms with Crippen LogP contribution in [0.4, 0.5) is 0 Å². The Hall–Kier alpha value is -1.06. The number of carbonyl (C=O) groups is 2. The molecule has 1 N–H and O–H groups in total. The van der Waals surface area contributed by atoms with E-state index in [-0.39, 0.29) is 24.4 Å². The van der Waals surface area contributed by atoms with Crippen LogP contribution >= 0.6 is 0 Å². The van der Waals surface area contributed by atoms with Crippen LogP contribution in [0.1, 0.15) is 59.3 Å². The molecule has 1 heterocycles. The SMILES string of the molecule is CCC1CCC(N2CC(=O)NC(C)(CC)C2=O)CC1. The lowest BCUT2D eigenvalue weighted by Crippen LogP contribution is -2.67. The summed E-state index contributed by atoms with van der Waals surface area (Å²) in [6.45, 7) is 6.28. The molecule has 1 aliphatic heterocycles. The van der Waals surface area contributed by atoms with Gasteiger partial charge in [-0.15, -0.1) is 0 Å². The lowest BCUT2D eigenvalue weighted by atomic mass is 9.82. The van der Waals surface area contributed by atoms with E-state index in [4.69, 9.17) is 0 Å². The standard InChI is InChI=1S/C15H26N2O2/c1-4-11-6-8-12(9-7-11)17-10-13(18)16-15(3,5-2)14(17)19/h11-12H,4-10H2,1-3H3,(H,16,18). The van der Waals surface area contributed by atoms with Crippen LogP contribution in [0, 0.1) is 5.92 Å². The van der Waals surface area contributed by atoms with Gasteiger partial charge in [0.05, 0.1) is 6.54 Å². The maximum absolute atomic E-state index is 12.6. The van der Waals surface area contributed by atoms with Gasteiger partial charge in [-0.05, 0) is 44.9 Å². The maximum atomic E-state index is 12.6. The molecule has 19 heavy (non-hydrogen) atoms. The third-order valence-corrected chi connectivity index (χ3v) is 5.00. The molecule has 0 radical (unpaired) electrons. The first-order valence-corrected chi connectivity index (χ1v) is 7.62. The number of amides is 2. The van der Waals surface area contributed by atoms with Crippen LogP contribution in [-0.4, -0.2) is 34.8 Å². The van der Waals surface area contributed by atoms with Gasteiger partial charge in [0.2, 0.25) is 11.8 Å². The van der Waals surface area contributed by atoms with Gasteiger partial charge in [-0.2, -0.15) is 0 Å². The lowest BCUT2D eigenvalue weighted by Gasteiger charge is -2.44. The van der Waals surface area contributed by atoms with Crippen molar-refractivity contribution in [3.05, 3.63) is 0 Å². The fourth-order valence-corrected chi connectivity index (χ4v) is 3.34. The van der Waals surface area contributed by atoms with Gasteiger partial charge in [-0.25, -0.2) is 0 Å². The van der Waals surface area contributed by atoms with Crippen molar-refractivity contribution in [1.29, 1.82) is 0 Å². The molecular weight excluding hydrogens is 240 g/mol. The molecule has 1 aliphatic carbocycles. The van der Waals surface area contributed by atoms with Crippen LogP contribution in [0.5, 0.6) is 0 Å². The van der Waals surface area contributed by atoms with Gasteiger partial charge in [-0.1, -0.05) is 20.3 Å². The summed E-state index contributed by atoms with van der Waals surface area (Å²) in [6.07, 6.45) is 6.37. The maximum Gasteiger partial charge on any atom is 0.248 e. The molecule has 2 fully saturated rings. The number of piperazine rings is 1. The summed E-state index contributed by atoms with van der Waals surface area (Å²) in [7, 11) is 0. The summed E-state index contributed by atoms with van der Waals surface area (Å²) < 4.78 is 0. The number of nitrogens with zero attached hydrogens (tertiary/aromatic N) is 1. The zero-order valence-corrected chi connectivity index (χ0v) is 12.4. The van der Waals surface area contributed by atoms with Crippen molar-refractivity contribution in [2.24, 2.45) is 5.92 Å². The first-order chi connectivity index (χ1) is 9.00. The van der Waals surface area contributed by atoms with Gasteiger partial charge in [0.25, 0.3) is 0 Å². The summed E-state index contributed by atoms with van der Waals surface area (Å²) in [5.74, 6) is 0.902. The zero-order valence-electron chi connectivity index (χ0n) is 12.4. The highest BCUT2D eigenvalue weighted by atomic mass is 16.2. The van der Waals surface area contributed by atoms with Crippen LogP contribution in [-0.2, 0) is 9.59 Å². The van der Waals surface area contributed by atoms with Crippen LogP contribution in [0.15, 0.2) is 0 Å². The number of nitrogens with one attached hydrogen (secondary N) is 1. The van der Waals surface area contributed by atoms with Gasteiger partial charge < -0.3 is 10.2 Å². The second-order valence-corrected chi connectivity index (χ2v) is 6.25. The molecule has 1 atom stereocenters. The van der Waals surface area contributed by atoms with E-state index in [9.17, 15) is 9.59 Å². The van der Waals surface area contributed by atoms with E-state index in [1.807, 2.05) is 18.7 Å². The monoisotopic (exact) mass is 266 g/mol. The minimum absolute atomic E-state index is 0.0124. The van der Waals surface area contributed by atoms with Crippen molar-refractivity contribution in [3.63, 3.8) is 0 Å². The number of carbonyl (C=O) groups excluding carboxylic acids is 2. The molecule has 4 nitrogen and oxygen atoms in total. The predicted octanol–water partition coefficient (Wildman–Crippen LogP) is 2.08. The number of rotatable bonds is 3. The van der Waals surface area contributed by atoms with Gasteiger partial charge in [0.15, 0.2) is 0 Å². The van der Waals surface area contributed by atoms with Crippen LogP contribution < -0.4 is 5.32 Å². The summed E-state index contributed by atoms with van der Waals surface area (Å²) >= 11 is 0. The largest absolute Gasteiger partial charge is 0.340 e. The minimum atomic E-state index is -0.697. The topological polar surface area (TPSA) is 49.4 Å². The first kappa shape index (κ1) is 14.4. The molecule has 1 saturated heterocycles. The van der Waals surface area contributed by atoms with Crippen LogP contribution in [0.2, 0.25) is 0 Å². The van der Waals surface area contributed by atoms with Crippen molar-refractivity contribution in [2.45, 2.75) is 70.9 Å². The molecule has 1 unspecified atom stereocenters. The van der Waals surface area contributed by atoms with E-state index >= 15 is 0 Å². The summed E-state index contributed by atoms with van der Waals surface area (Å²) in [5, 5.41) is 2.85. The van der Waals surface area contributed by atoms with E-state index < -0.39 is 5.54 Å². The van der Waals surface area contributed by atoms with E-state index in [0.29, 0.717) is 6.42 Å². The Balaban J connectivity index is 2.07. The smallest absolute Gasteiger partial charge is 0.248 e. The Morgan fingerprint density at radius 3 is 2.37 bits per heavy atom. The third-order valence-electron chi connectivity index (χ3n) is 5.00. The summed E-state index contributed by atoms with van der Waals surface area (Å²) in [5.41, 5.74) is -0.697. The normalized spacial score (nSPS) is 36.3. The highest BCUT2D eigenvalue weighted by Crippen LogP contribution is 2.31. The average Bonchev–Trinajstić information content (AvgIpc) is 2.43. The first-order valence-electron chi connectivity index (χ1n) is 7.62. The molecule has 0 aromatic rings. The fourth-order valence-electron chi connectivity index (χ4n) is 3.34. The summed E-state index contributed by atoms with van der Waals surface area (Å²) in [6, 6.07) is 0.271. The van der Waals surface area contributed by atoms with Gasteiger partial charge in [0, 0.05) is 6.04 Å². The van der Waals surface area contributed by atoms with Crippen molar-refractivity contribution in [1.82, 2.24) is 10.2 Å². The second-order valence-electron chi connectivity index (χ2n) is 6.25. The fraction of sp³-hybridized carbons (Fsp3) is 0.867. The lowest BCUT2D eigenvalue weighted by molar-refractivity contribution is -0.152. The Labute approximate surface area is 115 Å².